The Hall–Kier alpha value is -4.67. The average Bonchev–Trinajstić information content (AvgIpc) is 2.84. The molecule has 186 valence electrons. The van der Waals surface area contributed by atoms with Crippen LogP contribution in [0.25, 0.3) is 16.6 Å². The van der Waals surface area contributed by atoms with Gasteiger partial charge >= 0.3 is 5.69 Å². The molecular weight excluding hydrogens is 469 g/mol. The molecule has 0 atom stereocenters. The van der Waals surface area contributed by atoms with Crippen LogP contribution in [0.2, 0.25) is 0 Å². The Morgan fingerprint density at radius 3 is 2.42 bits per heavy atom. The first-order valence-electron chi connectivity index (χ1n) is 10.9. The zero-order chi connectivity index (χ0) is 26.3. The lowest BCUT2D eigenvalue weighted by atomic mass is 10.1. The first-order chi connectivity index (χ1) is 17.0. The maximum Gasteiger partial charge on any atom is 0.335 e. The lowest BCUT2D eigenvalue weighted by Gasteiger charge is -2.20. The minimum absolute atomic E-state index is 0.0140. The molecule has 1 amide bonds. The number of anilines is 2. The lowest BCUT2D eigenvalue weighted by molar-refractivity contribution is -0.119. The predicted octanol–water partition coefficient (Wildman–Crippen LogP) is 1.75. The molecule has 0 saturated carbocycles. The van der Waals surface area contributed by atoms with E-state index in [0.717, 1.165) is 4.57 Å². The average molecular weight is 493 g/mol. The highest BCUT2D eigenvalue weighted by molar-refractivity contribution is 5.93. The van der Waals surface area contributed by atoms with E-state index in [9.17, 15) is 23.6 Å². The van der Waals surface area contributed by atoms with Gasteiger partial charge in [-0.05, 0) is 43.7 Å². The zero-order valence-corrected chi connectivity index (χ0v) is 20.1. The Balaban J connectivity index is 2.08. The molecule has 2 aromatic carbocycles. The smallest absolute Gasteiger partial charge is 0.335 e. The van der Waals surface area contributed by atoms with Crippen molar-refractivity contribution in [3.05, 3.63) is 90.6 Å². The number of rotatable bonds is 6. The fourth-order valence-electron chi connectivity index (χ4n) is 4.01. The van der Waals surface area contributed by atoms with Crippen LogP contribution in [0.1, 0.15) is 11.1 Å². The zero-order valence-electron chi connectivity index (χ0n) is 20.1. The maximum atomic E-state index is 14.7. The minimum atomic E-state index is -0.705. The van der Waals surface area contributed by atoms with Gasteiger partial charge in [-0.2, -0.15) is 0 Å². The highest BCUT2D eigenvalue weighted by Crippen LogP contribution is 2.27. The molecule has 0 bridgehead atoms. The number of aryl methyl sites for hydroxylation is 2. The van der Waals surface area contributed by atoms with E-state index >= 15 is 0 Å². The number of benzene rings is 2. The highest BCUT2D eigenvalue weighted by atomic mass is 19.1. The molecular formula is C25H24FN5O5. The molecule has 0 fully saturated rings. The molecule has 2 heterocycles. The summed E-state index contributed by atoms with van der Waals surface area (Å²) in [5, 5.41) is 2.89. The van der Waals surface area contributed by atoms with Gasteiger partial charge in [0.2, 0.25) is 0 Å². The van der Waals surface area contributed by atoms with Crippen LogP contribution in [0.5, 0.6) is 5.75 Å². The second kappa shape index (κ2) is 9.17. The van der Waals surface area contributed by atoms with Gasteiger partial charge in [-0.25, -0.2) is 9.18 Å². The van der Waals surface area contributed by atoms with Gasteiger partial charge in [-0.3, -0.25) is 28.1 Å². The summed E-state index contributed by atoms with van der Waals surface area (Å²) in [4.78, 5) is 51.0. The van der Waals surface area contributed by atoms with Gasteiger partial charge in [0, 0.05) is 25.7 Å². The van der Waals surface area contributed by atoms with E-state index in [4.69, 9.17) is 10.5 Å². The molecule has 0 radical (unpaired) electrons. The summed E-state index contributed by atoms with van der Waals surface area (Å²) < 4.78 is 23.4. The number of pyridine rings is 1. The van der Waals surface area contributed by atoms with Crippen molar-refractivity contribution in [3.8, 4) is 11.4 Å². The van der Waals surface area contributed by atoms with Crippen molar-refractivity contribution in [3.63, 3.8) is 0 Å². The van der Waals surface area contributed by atoms with Gasteiger partial charge in [-0.15, -0.1) is 0 Å². The van der Waals surface area contributed by atoms with Crippen LogP contribution >= 0.6 is 0 Å². The van der Waals surface area contributed by atoms with E-state index in [0.29, 0.717) is 5.56 Å². The number of carbonyl (C=O) groups excluding carboxylic acids is 1. The molecule has 4 aromatic rings. The third-order valence-corrected chi connectivity index (χ3v) is 5.84. The molecule has 0 saturated heterocycles. The van der Waals surface area contributed by atoms with Crippen molar-refractivity contribution >= 4 is 28.3 Å². The number of primary amides is 1. The number of nitrogens with zero attached hydrogens (tertiary/aromatic N) is 3. The summed E-state index contributed by atoms with van der Waals surface area (Å²) >= 11 is 0. The minimum Gasteiger partial charge on any atom is -0.484 e. The van der Waals surface area contributed by atoms with Crippen molar-refractivity contribution in [1.29, 1.82) is 0 Å². The Labute approximate surface area is 204 Å². The van der Waals surface area contributed by atoms with E-state index in [2.05, 4.69) is 5.32 Å². The number of carbonyl (C=O) groups is 1. The number of ether oxygens (including phenoxy) is 1. The second-order valence-electron chi connectivity index (χ2n) is 8.40. The number of nitrogens with one attached hydrogen (secondary N) is 1. The fourth-order valence-corrected chi connectivity index (χ4v) is 4.01. The molecule has 0 spiro atoms. The van der Waals surface area contributed by atoms with Gasteiger partial charge in [0.1, 0.15) is 22.8 Å². The van der Waals surface area contributed by atoms with Crippen LogP contribution in [0.3, 0.4) is 0 Å². The monoisotopic (exact) mass is 493 g/mol. The van der Waals surface area contributed by atoms with Crippen LogP contribution in [0.4, 0.5) is 15.9 Å². The third kappa shape index (κ3) is 4.15. The van der Waals surface area contributed by atoms with Gasteiger partial charge in [-0.1, -0.05) is 12.1 Å². The topological polar surface area (TPSA) is 130 Å². The molecule has 0 unspecified atom stereocenters. The maximum absolute atomic E-state index is 14.7. The summed E-state index contributed by atoms with van der Waals surface area (Å²) in [5.41, 5.74) is 4.53. The summed E-state index contributed by atoms with van der Waals surface area (Å²) in [6.45, 7) is 2.87. The molecule has 0 aliphatic heterocycles. The SMILES string of the molecule is Cc1ccc(Nc2c3c(=O)n(C)c(=O)n(-c4cccc(OCC(N)=O)c4)c3c(C)c(=O)n2C)c(F)c1. The summed E-state index contributed by atoms with van der Waals surface area (Å²) in [7, 11) is 2.76. The first kappa shape index (κ1) is 24.5. The number of aromatic nitrogens is 3. The number of halogens is 1. The van der Waals surface area contributed by atoms with Crippen LogP contribution in [0.15, 0.2) is 56.8 Å². The molecule has 0 aliphatic carbocycles. The van der Waals surface area contributed by atoms with E-state index in [1.54, 1.807) is 31.2 Å². The van der Waals surface area contributed by atoms with Crippen molar-refractivity contribution in [2.24, 2.45) is 19.8 Å². The van der Waals surface area contributed by atoms with Gasteiger partial charge in [0.25, 0.3) is 17.0 Å². The normalized spacial score (nSPS) is 11.0. The molecule has 0 aliphatic rings. The van der Waals surface area contributed by atoms with Gasteiger partial charge < -0.3 is 15.8 Å². The van der Waals surface area contributed by atoms with Crippen LogP contribution in [-0.4, -0.2) is 26.2 Å². The molecule has 3 N–H and O–H groups in total. The van der Waals surface area contributed by atoms with E-state index in [1.165, 1.54) is 48.4 Å². The Bertz CT molecular complexity index is 1720. The van der Waals surface area contributed by atoms with E-state index in [1.807, 2.05) is 0 Å². The third-order valence-electron chi connectivity index (χ3n) is 5.84. The van der Waals surface area contributed by atoms with Crippen molar-refractivity contribution in [1.82, 2.24) is 13.7 Å². The van der Waals surface area contributed by atoms with E-state index < -0.39 is 28.5 Å². The molecule has 11 heteroatoms. The standard InChI is InChI=1S/C25H24FN5O5/c1-13-8-9-18(17(26)10-13)28-22-20-21(14(2)23(33)29(22)3)31(25(35)30(4)24(20)34)15-6-5-7-16(11-15)36-12-19(27)32/h5-11,28H,12H2,1-4H3,(H2,27,32). The second-order valence-corrected chi connectivity index (χ2v) is 8.40. The number of amides is 1. The number of fused-ring (bicyclic) bond motifs is 1. The van der Waals surface area contributed by atoms with Gasteiger partial charge in [0.05, 0.1) is 16.9 Å². The fraction of sp³-hybridized carbons (Fsp3) is 0.200. The summed E-state index contributed by atoms with van der Waals surface area (Å²) in [5.74, 6) is -0.968. The molecule has 4 rings (SSSR count). The Morgan fingerprint density at radius 1 is 1.03 bits per heavy atom. The summed E-state index contributed by atoms with van der Waals surface area (Å²) in [6.07, 6.45) is 0. The Morgan fingerprint density at radius 2 is 1.75 bits per heavy atom. The summed E-state index contributed by atoms with van der Waals surface area (Å²) in [6, 6.07) is 10.7. The quantitative estimate of drug-likeness (QED) is 0.421. The van der Waals surface area contributed by atoms with Gasteiger partial charge in [0.15, 0.2) is 6.61 Å². The van der Waals surface area contributed by atoms with Crippen molar-refractivity contribution in [2.75, 3.05) is 11.9 Å². The molecule has 36 heavy (non-hydrogen) atoms. The van der Waals surface area contributed by atoms with Crippen LogP contribution in [0, 0.1) is 19.7 Å². The Kier molecular flexibility index (Phi) is 6.23. The largest absolute Gasteiger partial charge is 0.484 e. The lowest BCUT2D eigenvalue weighted by Crippen LogP contribution is -2.40. The van der Waals surface area contributed by atoms with E-state index in [-0.39, 0.29) is 46.0 Å². The molecule has 2 aromatic heterocycles. The predicted molar refractivity (Wildman–Crippen MR) is 134 cm³/mol. The van der Waals surface area contributed by atoms with Crippen molar-refractivity contribution in [2.45, 2.75) is 13.8 Å². The van der Waals surface area contributed by atoms with Crippen LogP contribution in [-0.2, 0) is 18.9 Å². The van der Waals surface area contributed by atoms with Crippen molar-refractivity contribution < 1.29 is 13.9 Å². The van der Waals surface area contributed by atoms with Crippen LogP contribution < -0.4 is 32.6 Å². The number of hydrogen-bond donors (Lipinski definition) is 2. The highest BCUT2D eigenvalue weighted by Gasteiger charge is 2.23. The first-order valence-corrected chi connectivity index (χ1v) is 10.9. The number of hydrogen-bond acceptors (Lipinski definition) is 6. The number of nitrogens with two attached hydrogens (primary N) is 1. The molecule has 10 nitrogen and oxygen atoms in total.